The first-order valence-electron chi connectivity index (χ1n) is 6.54. The predicted octanol–water partition coefficient (Wildman–Crippen LogP) is 2.34. The molecule has 1 aliphatic heterocycles. The second-order valence-electron chi connectivity index (χ2n) is 4.67. The molecule has 0 aliphatic carbocycles. The number of nitrogens with zero attached hydrogens (tertiary/aromatic N) is 1. The molecule has 0 unspecified atom stereocenters. The molecule has 0 radical (unpaired) electrons. The molecule has 0 saturated carbocycles. The molecule has 0 saturated heterocycles. The Bertz CT molecular complexity index is 578. The van der Waals surface area contributed by atoms with E-state index in [9.17, 15) is 9.59 Å². The van der Waals surface area contributed by atoms with Gasteiger partial charge in [-0.05, 0) is 31.5 Å². The summed E-state index contributed by atoms with van der Waals surface area (Å²) in [6.07, 6.45) is 2.68. The maximum atomic E-state index is 11.9. The maximum absolute atomic E-state index is 11.9. The van der Waals surface area contributed by atoms with Gasteiger partial charge < -0.3 is 15.0 Å². The van der Waals surface area contributed by atoms with Gasteiger partial charge in [0.15, 0.2) is 6.61 Å². The van der Waals surface area contributed by atoms with E-state index >= 15 is 0 Å². The van der Waals surface area contributed by atoms with Crippen LogP contribution in [0.15, 0.2) is 29.8 Å². The van der Waals surface area contributed by atoms with Gasteiger partial charge in [0.1, 0.15) is 5.75 Å². The highest BCUT2D eigenvalue weighted by atomic mass is 16.5. The van der Waals surface area contributed by atoms with Crippen molar-refractivity contribution in [3.63, 3.8) is 0 Å². The third kappa shape index (κ3) is 2.82. The Morgan fingerprint density at radius 2 is 2.25 bits per heavy atom. The smallest absolute Gasteiger partial charge is 0.264 e. The summed E-state index contributed by atoms with van der Waals surface area (Å²) in [4.78, 5) is 25.0. The van der Waals surface area contributed by atoms with Gasteiger partial charge in [-0.3, -0.25) is 9.59 Å². The number of carbonyl (C=O) groups excluding carboxylic acids is 2. The van der Waals surface area contributed by atoms with Crippen LogP contribution in [0.4, 0.5) is 11.4 Å². The van der Waals surface area contributed by atoms with E-state index in [1.165, 1.54) is 4.90 Å². The van der Waals surface area contributed by atoms with Gasteiger partial charge in [-0.1, -0.05) is 13.0 Å². The summed E-state index contributed by atoms with van der Waals surface area (Å²) in [6, 6.07) is 5.26. The van der Waals surface area contributed by atoms with Gasteiger partial charge in [0.2, 0.25) is 0 Å². The van der Waals surface area contributed by atoms with Crippen LogP contribution in [0.1, 0.15) is 20.3 Å². The Morgan fingerprint density at radius 3 is 2.95 bits per heavy atom. The standard InChI is InChI=1S/C15H18N2O3/c1-4-5-10(2)15(19)16-11-6-7-13-12(8-11)17(3)14(18)9-20-13/h5-8H,4,9H2,1-3H3,(H,16,19). The summed E-state index contributed by atoms with van der Waals surface area (Å²) in [5.74, 6) is 0.395. The Balaban J connectivity index is 2.21. The van der Waals surface area contributed by atoms with Gasteiger partial charge in [0.25, 0.3) is 11.8 Å². The van der Waals surface area contributed by atoms with E-state index in [1.54, 1.807) is 32.2 Å². The Kier molecular flexibility index (Phi) is 4.08. The number of nitrogens with one attached hydrogen (secondary N) is 1. The van der Waals surface area contributed by atoms with E-state index in [-0.39, 0.29) is 18.4 Å². The van der Waals surface area contributed by atoms with E-state index in [2.05, 4.69) is 5.32 Å². The van der Waals surface area contributed by atoms with E-state index in [1.807, 2.05) is 13.0 Å². The van der Waals surface area contributed by atoms with E-state index in [4.69, 9.17) is 4.74 Å². The van der Waals surface area contributed by atoms with Crippen molar-refractivity contribution in [2.75, 3.05) is 23.9 Å². The first-order chi connectivity index (χ1) is 9.52. The van der Waals surface area contributed by atoms with Gasteiger partial charge >= 0.3 is 0 Å². The molecule has 0 fully saturated rings. The largest absolute Gasteiger partial charge is 0.482 e. The lowest BCUT2D eigenvalue weighted by Crippen LogP contribution is -2.35. The van der Waals surface area contributed by atoms with Crippen LogP contribution in [-0.4, -0.2) is 25.5 Å². The number of carbonyl (C=O) groups is 2. The number of fused-ring (bicyclic) bond motifs is 1. The molecule has 0 spiro atoms. The van der Waals surface area contributed by atoms with Crippen molar-refractivity contribution in [3.8, 4) is 5.75 Å². The van der Waals surface area contributed by atoms with Crippen LogP contribution in [0, 0.1) is 0 Å². The minimum atomic E-state index is -0.141. The number of anilines is 2. The maximum Gasteiger partial charge on any atom is 0.264 e. The van der Waals surface area contributed by atoms with Gasteiger partial charge in [-0.15, -0.1) is 0 Å². The molecule has 0 atom stereocenters. The van der Waals surface area contributed by atoms with Gasteiger partial charge in [-0.2, -0.15) is 0 Å². The highest BCUT2D eigenvalue weighted by Crippen LogP contribution is 2.33. The number of amides is 2. The molecular weight excluding hydrogens is 256 g/mol. The fourth-order valence-corrected chi connectivity index (χ4v) is 1.98. The zero-order valence-electron chi connectivity index (χ0n) is 11.9. The minimum absolute atomic E-state index is 0.0492. The molecule has 2 amide bonds. The Morgan fingerprint density at radius 1 is 1.50 bits per heavy atom. The van der Waals surface area contributed by atoms with Crippen molar-refractivity contribution >= 4 is 23.2 Å². The molecule has 20 heavy (non-hydrogen) atoms. The summed E-state index contributed by atoms with van der Waals surface area (Å²) in [7, 11) is 1.69. The number of likely N-dealkylation sites (N-methyl/N-ethyl adjacent to an activating group) is 1. The average molecular weight is 274 g/mol. The average Bonchev–Trinajstić information content (AvgIpc) is 2.43. The quantitative estimate of drug-likeness (QED) is 0.861. The summed E-state index contributed by atoms with van der Waals surface area (Å²) >= 11 is 0. The van der Waals surface area contributed by atoms with Crippen molar-refractivity contribution in [1.82, 2.24) is 0 Å². The number of hydrogen-bond donors (Lipinski definition) is 1. The molecular formula is C15H18N2O3. The third-order valence-corrected chi connectivity index (χ3v) is 3.17. The lowest BCUT2D eigenvalue weighted by atomic mass is 10.2. The first kappa shape index (κ1) is 14.1. The molecule has 5 nitrogen and oxygen atoms in total. The van der Waals surface area contributed by atoms with Crippen LogP contribution in [0.3, 0.4) is 0 Å². The number of benzene rings is 1. The molecule has 5 heteroatoms. The molecule has 2 rings (SSSR count). The number of rotatable bonds is 3. The molecule has 1 aliphatic rings. The molecule has 1 heterocycles. The highest BCUT2D eigenvalue weighted by molar-refractivity contribution is 6.04. The minimum Gasteiger partial charge on any atom is -0.482 e. The van der Waals surface area contributed by atoms with Crippen molar-refractivity contribution in [1.29, 1.82) is 0 Å². The van der Waals surface area contributed by atoms with Gasteiger partial charge in [-0.25, -0.2) is 0 Å². The monoisotopic (exact) mass is 274 g/mol. The molecule has 1 aromatic carbocycles. The number of ether oxygens (including phenoxy) is 1. The lowest BCUT2D eigenvalue weighted by Gasteiger charge is -2.26. The van der Waals surface area contributed by atoms with Crippen LogP contribution in [0.25, 0.3) is 0 Å². The Hall–Kier alpha value is -2.30. The predicted molar refractivity (Wildman–Crippen MR) is 78.0 cm³/mol. The third-order valence-electron chi connectivity index (χ3n) is 3.17. The topological polar surface area (TPSA) is 58.6 Å². The van der Waals surface area contributed by atoms with Gasteiger partial charge in [0.05, 0.1) is 5.69 Å². The SMILES string of the molecule is CCC=C(C)C(=O)Nc1ccc2c(c1)N(C)C(=O)CO2. The summed E-state index contributed by atoms with van der Waals surface area (Å²) in [5.41, 5.74) is 1.98. The van der Waals surface area contributed by atoms with Crippen molar-refractivity contribution in [3.05, 3.63) is 29.8 Å². The fraction of sp³-hybridized carbons (Fsp3) is 0.333. The second kappa shape index (κ2) is 5.77. The fourth-order valence-electron chi connectivity index (χ4n) is 1.98. The molecule has 0 aromatic heterocycles. The number of hydrogen-bond acceptors (Lipinski definition) is 3. The zero-order chi connectivity index (χ0) is 14.7. The van der Waals surface area contributed by atoms with E-state index in [0.717, 1.165) is 6.42 Å². The summed E-state index contributed by atoms with van der Waals surface area (Å²) < 4.78 is 5.34. The second-order valence-corrected chi connectivity index (χ2v) is 4.67. The van der Waals surface area contributed by atoms with Crippen LogP contribution >= 0.6 is 0 Å². The normalized spacial score (nSPS) is 14.7. The lowest BCUT2D eigenvalue weighted by molar-refractivity contribution is -0.121. The van der Waals surface area contributed by atoms with E-state index in [0.29, 0.717) is 22.7 Å². The zero-order valence-corrected chi connectivity index (χ0v) is 11.9. The van der Waals surface area contributed by atoms with Crippen molar-refractivity contribution in [2.45, 2.75) is 20.3 Å². The summed E-state index contributed by atoms with van der Waals surface area (Å²) in [6.45, 7) is 3.80. The van der Waals surface area contributed by atoms with Crippen LogP contribution in [0.5, 0.6) is 5.75 Å². The molecule has 106 valence electrons. The highest BCUT2D eigenvalue weighted by Gasteiger charge is 2.22. The van der Waals surface area contributed by atoms with Crippen LogP contribution in [-0.2, 0) is 9.59 Å². The van der Waals surface area contributed by atoms with Crippen molar-refractivity contribution in [2.24, 2.45) is 0 Å². The Labute approximate surface area is 118 Å². The van der Waals surface area contributed by atoms with Crippen LogP contribution < -0.4 is 15.0 Å². The molecule has 1 aromatic rings. The van der Waals surface area contributed by atoms with E-state index < -0.39 is 0 Å². The van der Waals surface area contributed by atoms with Crippen LogP contribution in [0.2, 0.25) is 0 Å². The van der Waals surface area contributed by atoms with Gasteiger partial charge in [0, 0.05) is 18.3 Å². The number of allylic oxidation sites excluding steroid dienone is 1. The first-order valence-corrected chi connectivity index (χ1v) is 6.54. The molecule has 1 N–H and O–H groups in total. The molecule has 0 bridgehead atoms. The van der Waals surface area contributed by atoms with Crippen molar-refractivity contribution < 1.29 is 14.3 Å². The summed E-state index contributed by atoms with van der Waals surface area (Å²) in [5, 5.41) is 2.81.